The summed E-state index contributed by atoms with van der Waals surface area (Å²) in [6.07, 6.45) is 2.74. The van der Waals surface area contributed by atoms with E-state index in [4.69, 9.17) is 5.26 Å². The zero-order valence-electron chi connectivity index (χ0n) is 10.4. The van der Waals surface area contributed by atoms with Gasteiger partial charge in [-0.15, -0.1) is 0 Å². The van der Waals surface area contributed by atoms with Gasteiger partial charge in [0.15, 0.2) is 0 Å². The van der Waals surface area contributed by atoms with Crippen LogP contribution in [0.15, 0.2) is 24.3 Å². The Morgan fingerprint density at radius 2 is 2.00 bits per heavy atom. The Bertz CT molecular complexity index is 403. The lowest BCUT2D eigenvalue weighted by atomic mass is 10.1. The lowest BCUT2D eigenvalue weighted by Crippen LogP contribution is -2.33. The van der Waals surface area contributed by atoms with E-state index in [1.54, 1.807) is 0 Å². The smallest absolute Gasteiger partial charge is 0.252 e. The summed E-state index contributed by atoms with van der Waals surface area (Å²) in [4.78, 5) is 11.8. The first-order chi connectivity index (χ1) is 8.21. The highest BCUT2D eigenvalue weighted by Gasteiger charge is 2.10. The predicted octanol–water partition coefficient (Wildman–Crippen LogP) is 2.67. The van der Waals surface area contributed by atoms with Gasteiger partial charge in [-0.1, -0.05) is 32.4 Å². The minimum Gasteiger partial charge on any atom is -0.336 e. The van der Waals surface area contributed by atoms with Crippen LogP contribution in [0.3, 0.4) is 0 Å². The second-order valence-corrected chi connectivity index (χ2v) is 4.01. The van der Waals surface area contributed by atoms with Gasteiger partial charge in [-0.05, 0) is 30.5 Å². The molecule has 0 unspecified atom stereocenters. The Kier molecular flexibility index (Phi) is 5.22. The molecule has 1 atom stereocenters. The molecule has 1 rings (SSSR count). The van der Waals surface area contributed by atoms with Gasteiger partial charge in [0, 0.05) is 5.56 Å². The molecule has 1 aromatic rings. The molecule has 0 aliphatic carbocycles. The minimum absolute atomic E-state index is 0.179. The summed E-state index contributed by atoms with van der Waals surface area (Å²) in [7, 11) is 0. The number of hydrogen-bond acceptors (Lipinski definition) is 2. The number of amides is 1. The Labute approximate surface area is 102 Å². The van der Waals surface area contributed by atoms with E-state index in [1.165, 1.54) is 5.56 Å². The summed E-state index contributed by atoms with van der Waals surface area (Å²) in [6, 6.07) is 9.20. The summed E-state index contributed by atoms with van der Waals surface area (Å²) >= 11 is 0. The highest BCUT2D eigenvalue weighted by molar-refractivity contribution is 5.94. The fourth-order valence-corrected chi connectivity index (χ4v) is 1.58. The van der Waals surface area contributed by atoms with Crippen LogP contribution in [0.2, 0.25) is 0 Å². The zero-order valence-corrected chi connectivity index (χ0v) is 10.4. The summed E-state index contributed by atoms with van der Waals surface area (Å²) in [6.45, 7) is 4.00. The largest absolute Gasteiger partial charge is 0.336 e. The van der Waals surface area contributed by atoms with Crippen LogP contribution in [0.1, 0.15) is 42.6 Å². The average Bonchev–Trinajstić information content (AvgIpc) is 2.37. The molecule has 0 radical (unpaired) electrons. The van der Waals surface area contributed by atoms with Crippen molar-refractivity contribution < 1.29 is 4.79 Å². The molecule has 0 saturated heterocycles. The molecule has 0 aromatic heterocycles. The fourth-order valence-electron chi connectivity index (χ4n) is 1.58. The van der Waals surface area contributed by atoms with Gasteiger partial charge in [-0.2, -0.15) is 5.26 Å². The molecule has 1 N–H and O–H groups in total. The Balaban J connectivity index is 2.67. The van der Waals surface area contributed by atoms with Crippen LogP contribution in [0.25, 0.3) is 0 Å². The third kappa shape index (κ3) is 3.92. The van der Waals surface area contributed by atoms with Crippen LogP contribution in [-0.4, -0.2) is 11.9 Å². The molecule has 0 heterocycles. The minimum atomic E-state index is -0.405. The van der Waals surface area contributed by atoms with Crippen LogP contribution in [0.4, 0.5) is 0 Å². The van der Waals surface area contributed by atoms with Crippen LogP contribution in [0.5, 0.6) is 0 Å². The third-order valence-electron chi connectivity index (χ3n) is 2.62. The van der Waals surface area contributed by atoms with E-state index in [9.17, 15) is 4.79 Å². The molecule has 1 amide bonds. The van der Waals surface area contributed by atoms with E-state index in [-0.39, 0.29) is 5.91 Å². The highest BCUT2D eigenvalue weighted by Crippen LogP contribution is 2.07. The second-order valence-electron chi connectivity index (χ2n) is 4.01. The summed E-state index contributed by atoms with van der Waals surface area (Å²) in [5.41, 5.74) is 1.84. The average molecular weight is 230 g/mol. The van der Waals surface area contributed by atoms with Crippen molar-refractivity contribution in [3.8, 4) is 6.07 Å². The summed E-state index contributed by atoms with van der Waals surface area (Å²) < 4.78 is 0. The van der Waals surface area contributed by atoms with Gasteiger partial charge in [0.25, 0.3) is 5.91 Å². The predicted molar refractivity (Wildman–Crippen MR) is 67.6 cm³/mol. The molecule has 0 fully saturated rings. The van der Waals surface area contributed by atoms with Gasteiger partial charge in [-0.3, -0.25) is 4.79 Å². The molecular weight excluding hydrogens is 212 g/mol. The van der Waals surface area contributed by atoms with Gasteiger partial charge in [0.05, 0.1) is 6.07 Å². The monoisotopic (exact) mass is 230 g/mol. The molecule has 17 heavy (non-hydrogen) atoms. The van der Waals surface area contributed by atoms with Crippen molar-refractivity contribution in [1.82, 2.24) is 5.32 Å². The van der Waals surface area contributed by atoms with Crippen LogP contribution >= 0.6 is 0 Å². The lowest BCUT2D eigenvalue weighted by molar-refractivity contribution is 0.0944. The van der Waals surface area contributed by atoms with E-state index in [1.807, 2.05) is 31.2 Å². The molecule has 90 valence electrons. The quantitative estimate of drug-likeness (QED) is 0.845. The first kappa shape index (κ1) is 13.2. The Hall–Kier alpha value is -1.82. The Morgan fingerprint density at radius 1 is 1.35 bits per heavy atom. The lowest BCUT2D eigenvalue weighted by Gasteiger charge is -2.09. The van der Waals surface area contributed by atoms with E-state index in [2.05, 4.69) is 18.3 Å². The number of rotatable bonds is 5. The maximum atomic E-state index is 11.8. The molecule has 0 aliphatic rings. The van der Waals surface area contributed by atoms with Crippen molar-refractivity contribution in [3.05, 3.63) is 35.4 Å². The maximum Gasteiger partial charge on any atom is 0.252 e. The first-order valence-electron chi connectivity index (χ1n) is 6.00. The van der Waals surface area contributed by atoms with Crippen LogP contribution in [0, 0.1) is 11.3 Å². The van der Waals surface area contributed by atoms with Crippen molar-refractivity contribution in [1.29, 1.82) is 5.26 Å². The molecule has 3 nitrogen and oxygen atoms in total. The number of carbonyl (C=O) groups excluding carboxylic acids is 1. The molecule has 0 aliphatic heterocycles. The first-order valence-corrected chi connectivity index (χ1v) is 6.00. The van der Waals surface area contributed by atoms with Gasteiger partial charge >= 0.3 is 0 Å². The van der Waals surface area contributed by atoms with Gasteiger partial charge in [0.1, 0.15) is 6.04 Å². The van der Waals surface area contributed by atoms with E-state index < -0.39 is 6.04 Å². The number of carbonyl (C=O) groups is 1. The molecular formula is C14H18N2O. The van der Waals surface area contributed by atoms with E-state index in [0.29, 0.717) is 12.0 Å². The van der Waals surface area contributed by atoms with Crippen molar-refractivity contribution in [2.24, 2.45) is 0 Å². The van der Waals surface area contributed by atoms with Gasteiger partial charge in [-0.25, -0.2) is 0 Å². The second kappa shape index (κ2) is 6.70. The molecule has 0 spiro atoms. The van der Waals surface area contributed by atoms with E-state index in [0.717, 1.165) is 12.8 Å². The topological polar surface area (TPSA) is 52.9 Å². The fraction of sp³-hybridized carbons (Fsp3) is 0.429. The number of aryl methyl sites for hydroxylation is 1. The Morgan fingerprint density at radius 3 is 2.47 bits per heavy atom. The number of benzene rings is 1. The molecule has 3 heteroatoms. The number of hydrogen-bond donors (Lipinski definition) is 1. The maximum absolute atomic E-state index is 11.8. The number of nitrogens with zero attached hydrogens (tertiary/aromatic N) is 1. The van der Waals surface area contributed by atoms with Crippen molar-refractivity contribution in [2.45, 2.75) is 39.2 Å². The standard InChI is InChI=1S/C14H18N2O/c1-3-5-11-6-8-12(9-7-11)14(17)16-13(4-2)10-15/h6-9,13H,3-5H2,1-2H3,(H,16,17)/t13-/m0/s1. The van der Waals surface area contributed by atoms with Crippen molar-refractivity contribution in [3.63, 3.8) is 0 Å². The van der Waals surface area contributed by atoms with Crippen LogP contribution < -0.4 is 5.32 Å². The van der Waals surface area contributed by atoms with Gasteiger partial charge in [0.2, 0.25) is 0 Å². The molecule has 0 saturated carbocycles. The zero-order chi connectivity index (χ0) is 12.7. The summed E-state index contributed by atoms with van der Waals surface area (Å²) in [5, 5.41) is 11.5. The highest BCUT2D eigenvalue weighted by atomic mass is 16.1. The van der Waals surface area contributed by atoms with E-state index >= 15 is 0 Å². The number of nitriles is 1. The molecule has 1 aromatic carbocycles. The number of nitrogens with one attached hydrogen (secondary N) is 1. The third-order valence-corrected chi connectivity index (χ3v) is 2.62. The normalized spacial score (nSPS) is 11.6. The van der Waals surface area contributed by atoms with Crippen molar-refractivity contribution in [2.75, 3.05) is 0 Å². The van der Waals surface area contributed by atoms with Gasteiger partial charge < -0.3 is 5.32 Å². The van der Waals surface area contributed by atoms with Crippen molar-refractivity contribution >= 4 is 5.91 Å². The summed E-state index contributed by atoms with van der Waals surface area (Å²) in [5.74, 6) is -0.179. The van der Waals surface area contributed by atoms with Crippen LogP contribution in [-0.2, 0) is 6.42 Å². The molecule has 0 bridgehead atoms. The SMILES string of the molecule is CCCc1ccc(C(=O)N[C@H](C#N)CC)cc1.